The zero-order valence-electron chi connectivity index (χ0n) is 13.1. The smallest absolute Gasteiger partial charge is 0.276 e. The summed E-state index contributed by atoms with van der Waals surface area (Å²) in [7, 11) is 0. The van der Waals surface area contributed by atoms with Crippen molar-refractivity contribution in [2.24, 2.45) is 0 Å². The van der Waals surface area contributed by atoms with E-state index in [0.29, 0.717) is 24.5 Å². The number of hydrogen-bond acceptors (Lipinski definition) is 7. The quantitative estimate of drug-likeness (QED) is 0.718. The van der Waals surface area contributed by atoms with Crippen LogP contribution in [0.4, 0.5) is 5.13 Å². The first-order chi connectivity index (χ1) is 11.7. The lowest BCUT2D eigenvalue weighted by Crippen LogP contribution is -2.48. The Balaban J connectivity index is 1.40. The maximum Gasteiger partial charge on any atom is 0.276 e. The standard InChI is InChI=1S/C16H16N4O2S2/c1-11-8-13(18-22-11)15(21)19-3-5-20(6-4-19)16-17-14(10-24-16)12-2-7-23-9-12/h2,7-10H,3-6H2,1H3. The molecule has 0 N–H and O–H groups in total. The van der Waals surface area contributed by atoms with Crippen LogP contribution in [0.3, 0.4) is 0 Å². The maximum absolute atomic E-state index is 12.4. The van der Waals surface area contributed by atoms with Gasteiger partial charge in [0.15, 0.2) is 10.8 Å². The van der Waals surface area contributed by atoms with Crippen LogP contribution in [-0.2, 0) is 0 Å². The van der Waals surface area contributed by atoms with Gasteiger partial charge in [-0.05, 0) is 18.4 Å². The van der Waals surface area contributed by atoms with Crippen LogP contribution in [0, 0.1) is 6.92 Å². The molecule has 0 atom stereocenters. The summed E-state index contributed by atoms with van der Waals surface area (Å²) >= 11 is 3.33. The highest BCUT2D eigenvalue weighted by Crippen LogP contribution is 2.29. The number of amides is 1. The molecule has 4 heterocycles. The van der Waals surface area contributed by atoms with E-state index >= 15 is 0 Å². The average molecular weight is 360 g/mol. The third kappa shape index (κ3) is 2.94. The zero-order chi connectivity index (χ0) is 16.5. The topological polar surface area (TPSA) is 62.5 Å². The lowest BCUT2D eigenvalue weighted by molar-refractivity contribution is 0.0736. The molecule has 3 aromatic rings. The SMILES string of the molecule is Cc1cc(C(=O)N2CCN(c3nc(-c4ccsc4)cs3)CC2)no1. The van der Waals surface area contributed by atoms with Gasteiger partial charge in [0.25, 0.3) is 5.91 Å². The molecule has 0 aromatic carbocycles. The first-order valence-corrected chi connectivity index (χ1v) is 9.48. The lowest BCUT2D eigenvalue weighted by Gasteiger charge is -2.34. The summed E-state index contributed by atoms with van der Waals surface area (Å²) in [6, 6.07) is 3.77. The monoisotopic (exact) mass is 360 g/mol. The Bertz CT molecular complexity index is 832. The minimum Gasteiger partial charge on any atom is -0.361 e. The van der Waals surface area contributed by atoms with Crippen LogP contribution in [-0.4, -0.2) is 47.1 Å². The number of piperazine rings is 1. The van der Waals surface area contributed by atoms with E-state index in [1.165, 1.54) is 0 Å². The van der Waals surface area contributed by atoms with Gasteiger partial charge < -0.3 is 14.3 Å². The molecule has 1 amide bonds. The molecule has 0 radical (unpaired) electrons. The Kier molecular flexibility index (Phi) is 4.07. The van der Waals surface area contributed by atoms with Crippen molar-refractivity contribution in [2.75, 3.05) is 31.1 Å². The van der Waals surface area contributed by atoms with E-state index in [4.69, 9.17) is 9.51 Å². The molecular weight excluding hydrogens is 344 g/mol. The summed E-state index contributed by atoms with van der Waals surface area (Å²) in [5.41, 5.74) is 2.57. The van der Waals surface area contributed by atoms with Gasteiger partial charge in [0, 0.05) is 48.6 Å². The van der Waals surface area contributed by atoms with E-state index < -0.39 is 0 Å². The Morgan fingerprint density at radius 3 is 2.75 bits per heavy atom. The van der Waals surface area contributed by atoms with Crippen molar-refractivity contribution < 1.29 is 9.32 Å². The van der Waals surface area contributed by atoms with Crippen LogP contribution in [0.25, 0.3) is 11.3 Å². The fraction of sp³-hybridized carbons (Fsp3) is 0.312. The number of rotatable bonds is 3. The number of carbonyl (C=O) groups is 1. The zero-order valence-corrected chi connectivity index (χ0v) is 14.8. The highest BCUT2D eigenvalue weighted by molar-refractivity contribution is 7.14. The molecule has 0 saturated carbocycles. The van der Waals surface area contributed by atoms with Gasteiger partial charge in [-0.3, -0.25) is 4.79 Å². The van der Waals surface area contributed by atoms with E-state index in [2.05, 4.69) is 32.3 Å². The molecule has 8 heteroatoms. The fourth-order valence-electron chi connectivity index (χ4n) is 2.68. The summed E-state index contributed by atoms with van der Waals surface area (Å²) < 4.78 is 4.99. The molecule has 3 aromatic heterocycles. The van der Waals surface area contributed by atoms with Crippen molar-refractivity contribution in [1.82, 2.24) is 15.0 Å². The van der Waals surface area contributed by atoms with Gasteiger partial charge in [-0.2, -0.15) is 11.3 Å². The van der Waals surface area contributed by atoms with Gasteiger partial charge in [0.1, 0.15) is 5.76 Å². The minimum atomic E-state index is -0.0652. The van der Waals surface area contributed by atoms with Crippen molar-refractivity contribution in [1.29, 1.82) is 0 Å². The summed E-state index contributed by atoms with van der Waals surface area (Å²) in [5, 5.41) is 11.1. The molecule has 4 rings (SSSR count). The largest absolute Gasteiger partial charge is 0.361 e. The second kappa shape index (κ2) is 6.37. The number of aryl methyl sites for hydroxylation is 1. The molecule has 0 spiro atoms. The minimum absolute atomic E-state index is 0.0652. The normalized spacial score (nSPS) is 15.0. The predicted octanol–water partition coefficient (Wildman–Crippen LogP) is 3.13. The third-order valence-corrected chi connectivity index (χ3v) is 5.58. The molecule has 1 fully saturated rings. The van der Waals surface area contributed by atoms with Crippen LogP contribution < -0.4 is 4.90 Å². The molecule has 1 aliphatic heterocycles. The number of anilines is 1. The van der Waals surface area contributed by atoms with E-state index in [1.54, 1.807) is 35.7 Å². The Labute approximate surface area is 147 Å². The molecule has 124 valence electrons. The van der Waals surface area contributed by atoms with Crippen molar-refractivity contribution >= 4 is 33.7 Å². The molecule has 1 saturated heterocycles. The van der Waals surface area contributed by atoms with E-state index in [-0.39, 0.29) is 5.91 Å². The number of aromatic nitrogens is 2. The number of thiophene rings is 1. The third-order valence-electron chi connectivity index (χ3n) is 3.99. The Hall–Kier alpha value is -2.19. The molecule has 6 nitrogen and oxygen atoms in total. The second-order valence-electron chi connectivity index (χ2n) is 5.63. The average Bonchev–Trinajstić information content (AvgIpc) is 3.35. The predicted molar refractivity (Wildman–Crippen MR) is 94.8 cm³/mol. The Morgan fingerprint density at radius 1 is 1.25 bits per heavy atom. The molecule has 1 aliphatic rings. The Morgan fingerprint density at radius 2 is 2.08 bits per heavy atom. The van der Waals surface area contributed by atoms with Crippen molar-refractivity contribution in [2.45, 2.75) is 6.92 Å². The molecule has 24 heavy (non-hydrogen) atoms. The van der Waals surface area contributed by atoms with Crippen molar-refractivity contribution in [3.8, 4) is 11.3 Å². The first kappa shape index (κ1) is 15.3. The first-order valence-electron chi connectivity index (χ1n) is 7.66. The summed E-state index contributed by atoms with van der Waals surface area (Å²) in [6.45, 7) is 4.67. The number of carbonyl (C=O) groups excluding carboxylic acids is 1. The van der Waals surface area contributed by atoms with E-state index in [9.17, 15) is 4.79 Å². The van der Waals surface area contributed by atoms with Gasteiger partial charge in [0.05, 0.1) is 5.69 Å². The summed E-state index contributed by atoms with van der Waals surface area (Å²) in [5.74, 6) is 0.588. The van der Waals surface area contributed by atoms with Gasteiger partial charge in [0.2, 0.25) is 0 Å². The maximum atomic E-state index is 12.4. The van der Waals surface area contributed by atoms with Gasteiger partial charge in [-0.15, -0.1) is 11.3 Å². The fourth-order valence-corrected chi connectivity index (χ4v) is 4.22. The number of thiazole rings is 1. The van der Waals surface area contributed by atoms with E-state index in [0.717, 1.165) is 29.5 Å². The summed E-state index contributed by atoms with van der Waals surface area (Å²) in [6.07, 6.45) is 0. The molecule has 0 unspecified atom stereocenters. The molecular formula is C16H16N4O2S2. The number of hydrogen-bond donors (Lipinski definition) is 0. The summed E-state index contributed by atoms with van der Waals surface area (Å²) in [4.78, 5) is 21.2. The van der Waals surface area contributed by atoms with Crippen LogP contribution in [0.1, 0.15) is 16.2 Å². The second-order valence-corrected chi connectivity index (χ2v) is 7.25. The molecule has 0 bridgehead atoms. The highest BCUT2D eigenvalue weighted by atomic mass is 32.1. The highest BCUT2D eigenvalue weighted by Gasteiger charge is 2.25. The van der Waals surface area contributed by atoms with Crippen molar-refractivity contribution in [3.05, 3.63) is 39.7 Å². The van der Waals surface area contributed by atoms with Gasteiger partial charge in [-0.25, -0.2) is 4.98 Å². The van der Waals surface area contributed by atoms with Crippen LogP contribution in [0.15, 0.2) is 32.8 Å². The lowest BCUT2D eigenvalue weighted by atomic mass is 10.2. The van der Waals surface area contributed by atoms with Gasteiger partial charge in [-0.1, -0.05) is 5.16 Å². The number of nitrogens with zero attached hydrogens (tertiary/aromatic N) is 4. The van der Waals surface area contributed by atoms with Crippen LogP contribution >= 0.6 is 22.7 Å². The van der Waals surface area contributed by atoms with Gasteiger partial charge >= 0.3 is 0 Å². The van der Waals surface area contributed by atoms with Crippen LogP contribution in [0.5, 0.6) is 0 Å². The molecule has 0 aliphatic carbocycles. The van der Waals surface area contributed by atoms with Crippen LogP contribution in [0.2, 0.25) is 0 Å². The van der Waals surface area contributed by atoms with Crippen molar-refractivity contribution in [3.63, 3.8) is 0 Å². The van der Waals surface area contributed by atoms with E-state index in [1.807, 2.05) is 4.90 Å².